The highest BCUT2D eigenvalue weighted by Crippen LogP contribution is 2.16. The lowest BCUT2D eigenvalue weighted by atomic mass is 10.2. The highest BCUT2D eigenvalue weighted by atomic mass is 19.1. The molecular formula is C18H18FN5O2. The second kappa shape index (κ2) is 7.73. The molecule has 0 aliphatic carbocycles. The van der Waals surface area contributed by atoms with E-state index in [9.17, 15) is 9.18 Å². The number of nitrogens with zero attached hydrogens (tertiary/aromatic N) is 4. The number of hydrogen-bond acceptors (Lipinski definition) is 5. The summed E-state index contributed by atoms with van der Waals surface area (Å²) in [6.45, 7) is 4.19. The van der Waals surface area contributed by atoms with Crippen molar-refractivity contribution in [3.63, 3.8) is 0 Å². The van der Waals surface area contributed by atoms with Gasteiger partial charge in [0.15, 0.2) is 5.82 Å². The zero-order chi connectivity index (χ0) is 18.5. The minimum atomic E-state index is -0.354. The van der Waals surface area contributed by atoms with Crippen LogP contribution in [-0.2, 0) is 6.61 Å². The Morgan fingerprint density at radius 3 is 2.50 bits per heavy atom. The lowest BCUT2D eigenvalue weighted by Gasteiger charge is -2.10. The summed E-state index contributed by atoms with van der Waals surface area (Å²) >= 11 is 0. The molecule has 0 radical (unpaired) electrons. The van der Waals surface area contributed by atoms with E-state index >= 15 is 0 Å². The summed E-state index contributed by atoms with van der Waals surface area (Å²) < 4.78 is 20.3. The van der Waals surface area contributed by atoms with Crippen molar-refractivity contribution in [1.29, 1.82) is 0 Å². The van der Waals surface area contributed by atoms with Crippen molar-refractivity contribution in [2.24, 2.45) is 0 Å². The highest BCUT2D eigenvalue weighted by Gasteiger charge is 2.10. The summed E-state index contributed by atoms with van der Waals surface area (Å²) in [6, 6.07) is 12.4. The largest absolute Gasteiger partial charge is 0.486 e. The van der Waals surface area contributed by atoms with E-state index in [1.165, 1.54) is 24.3 Å². The van der Waals surface area contributed by atoms with Gasteiger partial charge in [0.05, 0.1) is 6.04 Å². The van der Waals surface area contributed by atoms with Crippen molar-refractivity contribution >= 4 is 11.6 Å². The lowest BCUT2D eigenvalue weighted by molar-refractivity contribution is 0.102. The number of rotatable bonds is 6. The molecule has 0 unspecified atom stereocenters. The van der Waals surface area contributed by atoms with Crippen molar-refractivity contribution in [1.82, 2.24) is 20.2 Å². The lowest BCUT2D eigenvalue weighted by Crippen LogP contribution is -2.12. The maximum atomic E-state index is 12.9. The van der Waals surface area contributed by atoms with Crippen LogP contribution in [0.2, 0.25) is 0 Å². The molecule has 0 aliphatic rings. The van der Waals surface area contributed by atoms with Crippen LogP contribution in [0.25, 0.3) is 0 Å². The molecule has 0 atom stereocenters. The summed E-state index contributed by atoms with van der Waals surface area (Å²) in [5, 5.41) is 14.2. The van der Waals surface area contributed by atoms with E-state index in [1.807, 2.05) is 13.8 Å². The van der Waals surface area contributed by atoms with Gasteiger partial charge in [-0.1, -0.05) is 0 Å². The van der Waals surface area contributed by atoms with Gasteiger partial charge in [-0.15, -0.1) is 5.10 Å². The number of ether oxygens (including phenoxy) is 1. The minimum Gasteiger partial charge on any atom is -0.486 e. The smallest absolute Gasteiger partial charge is 0.255 e. The molecule has 7 nitrogen and oxygen atoms in total. The fourth-order valence-electron chi connectivity index (χ4n) is 2.30. The fourth-order valence-corrected chi connectivity index (χ4v) is 2.30. The first-order valence-electron chi connectivity index (χ1n) is 8.09. The van der Waals surface area contributed by atoms with Gasteiger partial charge in [-0.3, -0.25) is 4.79 Å². The molecule has 0 saturated carbocycles. The van der Waals surface area contributed by atoms with E-state index in [-0.39, 0.29) is 24.4 Å². The summed E-state index contributed by atoms with van der Waals surface area (Å²) in [4.78, 5) is 12.2. The summed E-state index contributed by atoms with van der Waals surface area (Å²) in [7, 11) is 0. The van der Waals surface area contributed by atoms with Gasteiger partial charge in [0.25, 0.3) is 5.91 Å². The SMILES string of the molecule is CC(C)n1nnnc1COc1ccc(C(=O)Nc2ccc(F)cc2)cc1. The highest BCUT2D eigenvalue weighted by molar-refractivity contribution is 6.04. The van der Waals surface area contributed by atoms with Gasteiger partial charge >= 0.3 is 0 Å². The first-order valence-corrected chi connectivity index (χ1v) is 8.09. The normalized spacial score (nSPS) is 10.8. The maximum Gasteiger partial charge on any atom is 0.255 e. The molecule has 0 saturated heterocycles. The molecule has 0 aliphatic heterocycles. The average Bonchev–Trinajstić information content (AvgIpc) is 3.11. The molecule has 3 aromatic rings. The second-order valence-corrected chi connectivity index (χ2v) is 5.91. The average molecular weight is 355 g/mol. The van der Waals surface area contributed by atoms with Crippen LogP contribution in [-0.4, -0.2) is 26.1 Å². The van der Waals surface area contributed by atoms with E-state index in [1.54, 1.807) is 28.9 Å². The van der Waals surface area contributed by atoms with Crippen molar-refractivity contribution < 1.29 is 13.9 Å². The zero-order valence-corrected chi connectivity index (χ0v) is 14.4. The van der Waals surface area contributed by atoms with Crippen LogP contribution < -0.4 is 10.1 Å². The molecule has 0 fully saturated rings. The number of tetrazole rings is 1. The third-order valence-electron chi connectivity index (χ3n) is 3.64. The Labute approximate surface area is 149 Å². The minimum absolute atomic E-state index is 0.140. The number of nitrogens with one attached hydrogen (secondary N) is 1. The summed E-state index contributed by atoms with van der Waals surface area (Å²) in [5.74, 6) is 0.583. The van der Waals surface area contributed by atoms with Crippen molar-refractivity contribution in [2.45, 2.75) is 26.5 Å². The Kier molecular flexibility index (Phi) is 5.21. The zero-order valence-electron chi connectivity index (χ0n) is 14.4. The number of benzene rings is 2. The van der Waals surface area contributed by atoms with E-state index in [0.717, 1.165) is 0 Å². The van der Waals surface area contributed by atoms with E-state index < -0.39 is 0 Å². The Hall–Kier alpha value is -3.29. The number of carbonyl (C=O) groups excluding carboxylic acids is 1. The number of amides is 1. The van der Waals surface area contributed by atoms with Gasteiger partial charge in [-0.2, -0.15) is 0 Å². The van der Waals surface area contributed by atoms with Gasteiger partial charge < -0.3 is 10.1 Å². The molecule has 1 amide bonds. The number of anilines is 1. The third kappa shape index (κ3) is 4.21. The molecule has 26 heavy (non-hydrogen) atoms. The predicted molar refractivity (Wildman–Crippen MR) is 93.3 cm³/mol. The predicted octanol–water partition coefficient (Wildman–Crippen LogP) is 3.22. The van der Waals surface area contributed by atoms with Crippen LogP contribution in [0.3, 0.4) is 0 Å². The van der Waals surface area contributed by atoms with Gasteiger partial charge in [-0.05, 0) is 72.8 Å². The van der Waals surface area contributed by atoms with Gasteiger partial charge in [-0.25, -0.2) is 9.07 Å². The van der Waals surface area contributed by atoms with Crippen molar-refractivity contribution in [3.05, 3.63) is 65.7 Å². The number of halogens is 1. The molecule has 1 aromatic heterocycles. The number of aromatic nitrogens is 4. The first kappa shape index (κ1) is 17.5. The molecule has 1 N–H and O–H groups in total. The quantitative estimate of drug-likeness (QED) is 0.734. The second-order valence-electron chi connectivity index (χ2n) is 5.91. The van der Waals surface area contributed by atoms with Crippen LogP contribution in [0.4, 0.5) is 10.1 Å². The van der Waals surface area contributed by atoms with E-state index in [4.69, 9.17) is 4.74 Å². The van der Waals surface area contributed by atoms with Crippen molar-refractivity contribution in [2.75, 3.05) is 5.32 Å². The standard InChI is InChI=1S/C18H18FN5O2/c1-12(2)24-17(21-22-23-24)11-26-16-9-3-13(4-10-16)18(25)20-15-7-5-14(19)6-8-15/h3-10,12H,11H2,1-2H3,(H,20,25). The Morgan fingerprint density at radius 2 is 1.85 bits per heavy atom. The first-order chi connectivity index (χ1) is 12.5. The molecule has 0 bridgehead atoms. The molecule has 8 heteroatoms. The van der Waals surface area contributed by atoms with E-state index in [0.29, 0.717) is 22.8 Å². The topological polar surface area (TPSA) is 81.9 Å². The molecule has 1 heterocycles. The number of carbonyl (C=O) groups is 1. The van der Waals surface area contributed by atoms with Gasteiger partial charge in [0, 0.05) is 11.3 Å². The van der Waals surface area contributed by atoms with Crippen molar-refractivity contribution in [3.8, 4) is 5.75 Å². The van der Waals surface area contributed by atoms with E-state index in [2.05, 4.69) is 20.8 Å². The van der Waals surface area contributed by atoms with Crippen LogP contribution in [0, 0.1) is 5.82 Å². The molecule has 2 aromatic carbocycles. The molecule has 0 spiro atoms. The number of hydrogen-bond donors (Lipinski definition) is 1. The summed E-state index contributed by atoms with van der Waals surface area (Å²) in [6.07, 6.45) is 0. The van der Waals surface area contributed by atoms with Crippen LogP contribution in [0.5, 0.6) is 5.75 Å². The Morgan fingerprint density at radius 1 is 1.15 bits per heavy atom. The van der Waals surface area contributed by atoms with Gasteiger partial charge in [0.1, 0.15) is 18.2 Å². The van der Waals surface area contributed by atoms with Crippen LogP contribution in [0.1, 0.15) is 36.1 Å². The van der Waals surface area contributed by atoms with Crippen LogP contribution in [0.15, 0.2) is 48.5 Å². The third-order valence-corrected chi connectivity index (χ3v) is 3.64. The Bertz CT molecular complexity index is 875. The summed E-state index contributed by atoms with van der Waals surface area (Å²) in [5.41, 5.74) is 0.992. The monoisotopic (exact) mass is 355 g/mol. The molecular weight excluding hydrogens is 337 g/mol. The fraction of sp³-hybridized carbons (Fsp3) is 0.222. The Balaban J connectivity index is 1.60. The van der Waals surface area contributed by atoms with Crippen LogP contribution >= 0.6 is 0 Å². The van der Waals surface area contributed by atoms with Gasteiger partial charge in [0.2, 0.25) is 0 Å². The maximum absolute atomic E-state index is 12.9. The molecule has 134 valence electrons. The molecule has 3 rings (SSSR count).